The lowest BCUT2D eigenvalue weighted by Crippen LogP contribution is -2.28. The number of aromatic nitrogens is 3. The Morgan fingerprint density at radius 3 is 2.38 bits per heavy atom. The Hall–Kier alpha value is -3.43. The summed E-state index contributed by atoms with van der Waals surface area (Å²) in [5, 5.41) is 4.78. The summed E-state index contributed by atoms with van der Waals surface area (Å²) in [6.45, 7) is 0. The molecule has 0 atom stereocenters. The van der Waals surface area contributed by atoms with Gasteiger partial charge >= 0.3 is 0 Å². The molecule has 2 aromatic carbocycles. The Bertz CT molecular complexity index is 1460. The van der Waals surface area contributed by atoms with Crippen LogP contribution in [0.2, 0.25) is 5.02 Å². The first-order valence-corrected chi connectivity index (χ1v) is 10.6. The summed E-state index contributed by atoms with van der Waals surface area (Å²) in [6.07, 6.45) is 1.84. The molecule has 0 aliphatic heterocycles. The van der Waals surface area contributed by atoms with Crippen LogP contribution in [0.4, 0.5) is 0 Å². The normalized spacial score (nSPS) is 11.7. The molecule has 0 aliphatic carbocycles. The SMILES string of the molecule is COc1cc(/C=c2/sc3nc(=O)c(Cc4ccccc4Cl)nn3c2=O)cc(OC)c1OC. The van der Waals surface area contributed by atoms with E-state index in [4.69, 9.17) is 25.8 Å². The minimum Gasteiger partial charge on any atom is -0.493 e. The summed E-state index contributed by atoms with van der Waals surface area (Å²) in [6, 6.07) is 10.6. The van der Waals surface area contributed by atoms with Crippen molar-refractivity contribution < 1.29 is 14.2 Å². The molecule has 4 aromatic rings. The fourth-order valence-electron chi connectivity index (χ4n) is 3.21. The maximum absolute atomic E-state index is 13.0. The summed E-state index contributed by atoms with van der Waals surface area (Å²) in [5.41, 5.74) is 0.650. The molecular formula is C22H18ClN3O5S. The quantitative estimate of drug-likeness (QED) is 0.426. The van der Waals surface area contributed by atoms with Crippen molar-refractivity contribution >= 4 is 34.0 Å². The number of thiazole rings is 1. The molecule has 0 saturated carbocycles. The zero-order valence-electron chi connectivity index (χ0n) is 17.4. The fourth-order valence-corrected chi connectivity index (χ4v) is 4.32. The average Bonchev–Trinajstić information content (AvgIpc) is 3.08. The summed E-state index contributed by atoms with van der Waals surface area (Å²) in [7, 11) is 4.54. The number of nitrogens with zero attached hydrogens (tertiary/aromatic N) is 3. The first kappa shape index (κ1) is 21.8. The topological polar surface area (TPSA) is 92.0 Å². The molecule has 0 N–H and O–H groups in total. The molecule has 10 heteroatoms. The number of halogens is 1. The van der Waals surface area contributed by atoms with Gasteiger partial charge in [0.2, 0.25) is 10.7 Å². The molecular weight excluding hydrogens is 454 g/mol. The number of benzene rings is 2. The highest BCUT2D eigenvalue weighted by atomic mass is 35.5. The van der Waals surface area contributed by atoms with Crippen molar-refractivity contribution in [2.24, 2.45) is 0 Å². The van der Waals surface area contributed by atoms with Gasteiger partial charge in [0.05, 0.1) is 25.9 Å². The number of hydrogen-bond acceptors (Lipinski definition) is 8. The van der Waals surface area contributed by atoms with Crippen LogP contribution in [0.1, 0.15) is 16.8 Å². The van der Waals surface area contributed by atoms with Gasteiger partial charge in [-0.3, -0.25) is 9.59 Å². The van der Waals surface area contributed by atoms with Gasteiger partial charge in [-0.25, -0.2) is 0 Å². The highest BCUT2D eigenvalue weighted by Gasteiger charge is 2.15. The van der Waals surface area contributed by atoms with Crippen molar-refractivity contribution in [3.8, 4) is 17.2 Å². The predicted octanol–water partition coefficient (Wildman–Crippen LogP) is 2.33. The van der Waals surface area contributed by atoms with Gasteiger partial charge in [0, 0.05) is 11.4 Å². The lowest BCUT2D eigenvalue weighted by molar-refractivity contribution is 0.324. The zero-order valence-corrected chi connectivity index (χ0v) is 19.0. The van der Waals surface area contributed by atoms with E-state index in [0.29, 0.717) is 32.4 Å². The second-order valence-electron chi connectivity index (χ2n) is 6.70. The van der Waals surface area contributed by atoms with Gasteiger partial charge in [0.15, 0.2) is 11.5 Å². The second kappa shape index (κ2) is 8.97. The number of rotatable bonds is 6. The van der Waals surface area contributed by atoms with Gasteiger partial charge in [-0.15, -0.1) is 0 Å². The van der Waals surface area contributed by atoms with Crippen LogP contribution in [-0.4, -0.2) is 35.9 Å². The van der Waals surface area contributed by atoms with Gasteiger partial charge in [-0.2, -0.15) is 14.6 Å². The van der Waals surface area contributed by atoms with Gasteiger partial charge in [-0.05, 0) is 35.4 Å². The van der Waals surface area contributed by atoms with Gasteiger partial charge in [0.25, 0.3) is 11.1 Å². The molecule has 0 radical (unpaired) electrons. The minimum atomic E-state index is -0.495. The van der Waals surface area contributed by atoms with E-state index in [2.05, 4.69) is 10.1 Å². The van der Waals surface area contributed by atoms with Crippen LogP contribution >= 0.6 is 22.9 Å². The maximum Gasteiger partial charge on any atom is 0.296 e. The third kappa shape index (κ3) is 4.04. The molecule has 4 rings (SSSR count). The van der Waals surface area contributed by atoms with E-state index < -0.39 is 5.56 Å². The van der Waals surface area contributed by atoms with E-state index in [1.807, 2.05) is 6.07 Å². The fraction of sp³-hybridized carbons (Fsp3) is 0.182. The molecule has 164 valence electrons. The lowest BCUT2D eigenvalue weighted by Gasteiger charge is -2.12. The van der Waals surface area contributed by atoms with E-state index in [-0.39, 0.29) is 22.6 Å². The molecule has 0 aliphatic rings. The van der Waals surface area contributed by atoms with Crippen molar-refractivity contribution in [2.75, 3.05) is 21.3 Å². The molecule has 0 fully saturated rings. The van der Waals surface area contributed by atoms with Crippen molar-refractivity contribution in [1.82, 2.24) is 14.6 Å². The van der Waals surface area contributed by atoms with E-state index in [1.165, 1.54) is 21.3 Å². The highest BCUT2D eigenvalue weighted by molar-refractivity contribution is 7.15. The van der Waals surface area contributed by atoms with Crippen molar-refractivity contribution in [2.45, 2.75) is 6.42 Å². The maximum atomic E-state index is 13.0. The standard InChI is InChI=1S/C22H18ClN3O5S/c1-29-16-8-12(9-17(30-2)19(16)31-3)10-18-21(28)26-22(32-18)24-20(27)15(25-26)11-13-6-4-5-7-14(13)23/h4-10H,11H2,1-3H3/b18-10+. The summed E-state index contributed by atoms with van der Waals surface area (Å²) in [4.78, 5) is 29.7. The van der Waals surface area contributed by atoms with Crippen molar-refractivity contribution in [3.05, 3.63) is 83.5 Å². The van der Waals surface area contributed by atoms with Crippen LogP contribution in [0, 0.1) is 0 Å². The molecule has 0 bridgehead atoms. The average molecular weight is 472 g/mol. The zero-order chi connectivity index (χ0) is 22.8. The van der Waals surface area contributed by atoms with E-state index in [1.54, 1.807) is 36.4 Å². The van der Waals surface area contributed by atoms with Crippen LogP contribution in [0.3, 0.4) is 0 Å². The molecule has 32 heavy (non-hydrogen) atoms. The summed E-state index contributed by atoms with van der Waals surface area (Å²) < 4.78 is 17.5. The van der Waals surface area contributed by atoms with Crippen molar-refractivity contribution in [1.29, 1.82) is 0 Å². The Kier molecular flexibility index (Phi) is 6.11. The van der Waals surface area contributed by atoms with Crippen LogP contribution in [0.5, 0.6) is 17.2 Å². The first-order valence-electron chi connectivity index (χ1n) is 9.43. The Labute approximate surface area is 191 Å². The van der Waals surface area contributed by atoms with E-state index >= 15 is 0 Å². The Morgan fingerprint density at radius 1 is 1.06 bits per heavy atom. The van der Waals surface area contributed by atoms with Gasteiger partial charge in [0.1, 0.15) is 5.69 Å². The molecule has 0 saturated heterocycles. The minimum absolute atomic E-state index is 0.143. The number of fused-ring (bicyclic) bond motifs is 1. The molecule has 2 aromatic heterocycles. The third-order valence-electron chi connectivity index (χ3n) is 4.75. The molecule has 0 amide bonds. The predicted molar refractivity (Wildman–Crippen MR) is 123 cm³/mol. The van der Waals surface area contributed by atoms with Crippen LogP contribution in [0.25, 0.3) is 11.0 Å². The third-order valence-corrected chi connectivity index (χ3v) is 6.08. The number of hydrogen-bond donors (Lipinski definition) is 0. The number of ether oxygens (including phenoxy) is 3. The van der Waals surface area contributed by atoms with Gasteiger partial charge in [-0.1, -0.05) is 41.1 Å². The first-order chi connectivity index (χ1) is 15.4. The largest absolute Gasteiger partial charge is 0.493 e. The van der Waals surface area contributed by atoms with E-state index in [9.17, 15) is 9.59 Å². The Balaban J connectivity index is 1.83. The van der Waals surface area contributed by atoms with E-state index in [0.717, 1.165) is 21.4 Å². The number of methoxy groups -OCH3 is 3. The second-order valence-corrected chi connectivity index (χ2v) is 8.12. The molecule has 0 unspecified atom stereocenters. The smallest absolute Gasteiger partial charge is 0.296 e. The Morgan fingerprint density at radius 2 is 1.75 bits per heavy atom. The van der Waals surface area contributed by atoms with Crippen LogP contribution in [-0.2, 0) is 6.42 Å². The van der Waals surface area contributed by atoms with Crippen molar-refractivity contribution in [3.63, 3.8) is 0 Å². The van der Waals surface area contributed by atoms with Gasteiger partial charge < -0.3 is 14.2 Å². The molecule has 8 nitrogen and oxygen atoms in total. The highest BCUT2D eigenvalue weighted by Crippen LogP contribution is 2.38. The summed E-state index contributed by atoms with van der Waals surface area (Å²) in [5.74, 6) is 1.36. The van der Waals surface area contributed by atoms with Crippen LogP contribution < -0.4 is 29.9 Å². The lowest BCUT2D eigenvalue weighted by atomic mass is 10.1. The monoisotopic (exact) mass is 471 g/mol. The molecule has 2 heterocycles. The van der Waals surface area contributed by atoms with Crippen LogP contribution in [0.15, 0.2) is 46.0 Å². The summed E-state index contributed by atoms with van der Waals surface area (Å²) >= 11 is 7.26. The molecule has 0 spiro atoms.